The van der Waals surface area contributed by atoms with Crippen LogP contribution in [0.15, 0.2) is 82.7 Å². The van der Waals surface area contributed by atoms with Crippen molar-refractivity contribution in [2.45, 2.75) is 35.1 Å². The monoisotopic (exact) mass is 461 g/mol. The first-order valence-corrected chi connectivity index (χ1v) is 12.7. The summed E-state index contributed by atoms with van der Waals surface area (Å²) in [5, 5.41) is 7.66. The van der Waals surface area contributed by atoms with E-state index >= 15 is 0 Å². The highest BCUT2D eigenvalue weighted by atomic mass is 32.2. The smallest absolute Gasteiger partial charge is 0.243 e. The maximum atomic E-state index is 12.9. The fourth-order valence-electron chi connectivity index (χ4n) is 4.26. The Balaban J connectivity index is 1.27. The summed E-state index contributed by atoms with van der Waals surface area (Å²) < 4.78 is 27.2. The average Bonchev–Trinajstić information content (AvgIpc) is 3.26. The van der Waals surface area contributed by atoms with Gasteiger partial charge < -0.3 is 10.2 Å². The first kappa shape index (κ1) is 21.6. The number of aromatic nitrogens is 3. The SMILES string of the molecule is CN1CCC(c2ccc(CNc3nc4ccc(S(=O)(=O)c5ccccc5)cn4n3)cc2)CC1. The molecule has 170 valence electrons. The van der Waals surface area contributed by atoms with Gasteiger partial charge in [0.2, 0.25) is 15.8 Å². The molecule has 0 amide bonds. The predicted octanol–water partition coefficient (Wildman–Crippen LogP) is 3.98. The molecule has 1 aliphatic heterocycles. The molecule has 0 unspecified atom stereocenters. The Morgan fingerprint density at radius 1 is 0.939 bits per heavy atom. The Hall–Kier alpha value is -3.23. The van der Waals surface area contributed by atoms with Gasteiger partial charge in [0.25, 0.3) is 0 Å². The summed E-state index contributed by atoms with van der Waals surface area (Å²) in [5.74, 6) is 1.10. The van der Waals surface area contributed by atoms with Gasteiger partial charge in [0.05, 0.1) is 16.0 Å². The molecule has 33 heavy (non-hydrogen) atoms. The molecule has 1 aliphatic rings. The second kappa shape index (κ2) is 8.96. The number of benzene rings is 2. The van der Waals surface area contributed by atoms with Crippen molar-refractivity contribution >= 4 is 21.4 Å². The molecule has 4 aromatic rings. The third kappa shape index (κ3) is 4.62. The summed E-state index contributed by atoms with van der Waals surface area (Å²) in [6.07, 6.45) is 3.93. The number of fused-ring (bicyclic) bond motifs is 1. The predicted molar refractivity (Wildman–Crippen MR) is 128 cm³/mol. The lowest BCUT2D eigenvalue weighted by Crippen LogP contribution is -2.29. The maximum absolute atomic E-state index is 12.9. The van der Waals surface area contributed by atoms with Crippen molar-refractivity contribution in [3.63, 3.8) is 0 Å². The van der Waals surface area contributed by atoms with E-state index in [1.54, 1.807) is 42.5 Å². The first-order chi connectivity index (χ1) is 16.0. The molecule has 2 aromatic carbocycles. The second-order valence-corrected chi connectivity index (χ2v) is 10.5. The van der Waals surface area contributed by atoms with Crippen LogP contribution >= 0.6 is 0 Å². The molecule has 7 nitrogen and oxygen atoms in total. The summed E-state index contributed by atoms with van der Waals surface area (Å²) in [4.78, 5) is 7.29. The van der Waals surface area contributed by atoms with Crippen molar-refractivity contribution < 1.29 is 8.42 Å². The highest BCUT2D eigenvalue weighted by Gasteiger charge is 2.19. The third-order valence-electron chi connectivity index (χ3n) is 6.29. The molecule has 0 spiro atoms. The van der Waals surface area contributed by atoms with Gasteiger partial charge in [-0.05, 0) is 74.3 Å². The van der Waals surface area contributed by atoms with Crippen LogP contribution < -0.4 is 5.32 Å². The Bertz CT molecular complexity index is 1340. The number of hydrogen-bond acceptors (Lipinski definition) is 6. The molecule has 0 atom stereocenters. The van der Waals surface area contributed by atoms with Gasteiger partial charge in [0.1, 0.15) is 0 Å². The van der Waals surface area contributed by atoms with Crippen molar-refractivity contribution in [2.24, 2.45) is 0 Å². The molecule has 8 heteroatoms. The Labute approximate surface area is 194 Å². The molecule has 5 rings (SSSR count). The van der Waals surface area contributed by atoms with Gasteiger partial charge in [-0.3, -0.25) is 0 Å². The number of hydrogen-bond donors (Lipinski definition) is 1. The van der Waals surface area contributed by atoms with E-state index < -0.39 is 9.84 Å². The van der Waals surface area contributed by atoms with E-state index in [1.165, 1.54) is 29.1 Å². The number of nitrogens with zero attached hydrogens (tertiary/aromatic N) is 4. The minimum absolute atomic E-state index is 0.183. The number of anilines is 1. The van der Waals surface area contributed by atoms with Crippen LogP contribution in [0.3, 0.4) is 0 Å². The number of pyridine rings is 1. The Morgan fingerprint density at radius 3 is 2.39 bits per heavy atom. The van der Waals surface area contributed by atoms with Gasteiger partial charge >= 0.3 is 0 Å². The number of piperidine rings is 1. The van der Waals surface area contributed by atoms with E-state index in [9.17, 15) is 8.42 Å². The molecule has 0 radical (unpaired) electrons. The molecule has 1 N–H and O–H groups in total. The van der Waals surface area contributed by atoms with Crippen molar-refractivity contribution in [3.8, 4) is 0 Å². The lowest BCUT2D eigenvalue weighted by molar-refractivity contribution is 0.255. The van der Waals surface area contributed by atoms with Crippen LogP contribution in [0.5, 0.6) is 0 Å². The number of sulfone groups is 1. The van der Waals surface area contributed by atoms with Crippen molar-refractivity contribution in [3.05, 3.63) is 84.1 Å². The lowest BCUT2D eigenvalue weighted by atomic mass is 9.89. The molecule has 2 aromatic heterocycles. The van der Waals surface area contributed by atoms with Crippen LogP contribution in [0.2, 0.25) is 0 Å². The van der Waals surface area contributed by atoms with Crippen LogP contribution in [-0.2, 0) is 16.4 Å². The summed E-state index contributed by atoms with van der Waals surface area (Å²) in [6.45, 7) is 2.91. The largest absolute Gasteiger partial charge is 0.349 e. The van der Waals surface area contributed by atoms with E-state index in [4.69, 9.17) is 0 Å². The first-order valence-electron chi connectivity index (χ1n) is 11.2. The highest BCUT2D eigenvalue weighted by molar-refractivity contribution is 7.91. The molecular formula is C25H27N5O2S. The van der Waals surface area contributed by atoms with Crippen LogP contribution in [-0.4, -0.2) is 48.1 Å². The number of nitrogens with one attached hydrogen (secondary N) is 1. The fourth-order valence-corrected chi connectivity index (χ4v) is 5.54. The van der Waals surface area contributed by atoms with E-state index in [1.807, 2.05) is 0 Å². The third-order valence-corrected chi connectivity index (χ3v) is 8.04. The maximum Gasteiger partial charge on any atom is 0.243 e. The van der Waals surface area contributed by atoms with Gasteiger partial charge in [-0.15, -0.1) is 5.10 Å². The number of likely N-dealkylation sites (tertiary alicyclic amines) is 1. The van der Waals surface area contributed by atoms with Gasteiger partial charge in [0, 0.05) is 6.54 Å². The minimum Gasteiger partial charge on any atom is -0.349 e. The van der Waals surface area contributed by atoms with Crippen molar-refractivity contribution in [1.29, 1.82) is 0 Å². The Morgan fingerprint density at radius 2 is 1.67 bits per heavy atom. The molecule has 0 saturated carbocycles. The minimum atomic E-state index is -3.60. The standard InChI is InChI=1S/C25H27N5O2S/c1-29-15-13-21(14-16-29)20-9-7-19(8-10-20)17-26-25-27-24-12-11-23(18-30(24)28-25)33(31,32)22-5-3-2-4-6-22/h2-12,18,21H,13-17H2,1H3,(H,26,28). The molecule has 1 saturated heterocycles. The van der Waals surface area contributed by atoms with Gasteiger partial charge in [0.15, 0.2) is 5.65 Å². The number of rotatable bonds is 6. The van der Waals surface area contributed by atoms with Crippen molar-refractivity contribution in [2.75, 3.05) is 25.5 Å². The second-order valence-electron chi connectivity index (χ2n) is 8.59. The summed E-state index contributed by atoms with van der Waals surface area (Å²) in [5.41, 5.74) is 3.14. The average molecular weight is 462 g/mol. The van der Waals surface area contributed by atoms with E-state index in [0.29, 0.717) is 24.1 Å². The zero-order valence-electron chi connectivity index (χ0n) is 18.6. The van der Waals surface area contributed by atoms with Crippen LogP contribution in [0.1, 0.15) is 29.9 Å². The highest BCUT2D eigenvalue weighted by Crippen LogP contribution is 2.27. The lowest BCUT2D eigenvalue weighted by Gasteiger charge is -2.29. The molecule has 1 fully saturated rings. The van der Waals surface area contributed by atoms with E-state index in [0.717, 1.165) is 18.7 Å². The summed E-state index contributed by atoms with van der Waals surface area (Å²) >= 11 is 0. The van der Waals surface area contributed by atoms with Gasteiger partial charge in [-0.2, -0.15) is 4.98 Å². The van der Waals surface area contributed by atoms with Gasteiger partial charge in [-0.25, -0.2) is 12.9 Å². The quantitative estimate of drug-likeness (QED) is 0.468. The van der Waals surface area contributed by atoms with Crippen LogP contribution in [0.25, 0.3) is 5.65 Å². The molecular weight excluding hydrogens is 434 g/mol. The summed E-state index contributed by atoms with van der Waals surface area (Å²) in [6, 6.07) is 20.4. The molecule has 0 aliphatic carbocycles. The Kier molecular flexibility index (Phi) is 5.86. The van der Waals surface area contributed by atoms with Crippen LogP contribution in [0, 0.1) is 0 Å². The fraction of sp³-hybridized carbons (Fsp3) is 0.280. The van der Waals surface area contributed by atoms with Crippen LogP contribution in [0.4, 0.5) is 5.95 Å². The normalized spacial score (nSPS) is 15.7. The van der Waals surface area contributed by atoms with E-state index in [2.05, 4.69) is 51.6 Å². The van der Waals surface area contributed by atoms with Gasteiger partial charge in [-0.1, -0.05) is 42.5 Å². The zero-order valence-corrected chi connectivity index (χ0v) is 19.4. The zero-order chi connectivity index (χ0) is 22.8. The molecule has 0 bridgehead atoms. The van der Waals surface area contributed by atoms with E-state index in [-0.39, 0.29) is 9.79 Å². The summed E-state index contributed by atoms with van der Waals surface area (Å²) in [7, 11) is -1.42. The van der Waals surface area contributed by atoms with Crippen molar-refractivity contribution in [1.82, 2.24) is 19.5 Å². The molecule has 3 heterocycles. The topological polar surface area (TPSA) is 79.6 Å².